The molecule has 0 spiro atoms. The van der Waals surface area contributed by atoms with Gasteiger partial charge in [0.25, 0.3) is 0 Å². The quantitative estimate of drug-likeness (QED) is 0.599. The van der Waals surface area contributed by atoms with Crippen LogP contribution in [0, 0.1) is 16.7 Å². The molecule has 6 heteroatoms. The van der Waals surface area contributed by atoms with Crippen molar-refractivity contribution in [3.8, 4) is 10.8 Å². The van der Waals surface area contributed by atoms with Crippen molar-refractivity contribution in [1.29, 1.82) is 0 Å². The van der Waals surface area contributed by atoms with E-state index in [1.807, 2.05) is 24.3 Å². The lowest BCUT2D eigenvalue weighted by Gasteiger charge is -2.34. The molecule has 0 unspecified atom stereocenters. The Labute approximate surface area is 167 Å². The number of furan rings is 1. The van der Waals surface area contributed by atoms with Gasteiger partial charge < -0.3 is 4.42 Å². The smallest absolute Gasteiger partial charge is 0.307 e. The lowest BCUT2D eigenvalue weighted by molar-refractivity contribution is 0.0927. The molecule has 2 atom stereocenters. The molecule has 144 valence electrons. The van der Waals surface area contributed by atoms with Crippen molar-refractivity contribution in [2.24, 2.45) is 21.8 Å². The summed E-state index contributed by atoms with van der Waals surface area (Å²) >= 11 is 1.55. The Morgan fingerprint density at radius 2 is 2.07 bits per heavy atom. The van der Waals surface area contributed by atoms with Crippen molar-refractivity contribution in [1.82, 2.24) is 10.4 Å². The standard InChI is InChI=1S/C22H23N3O2S/c1-21(2)13-10-11-22(21,3)18(12-13)24-25-19(26)15-8-9-16(27-15)20-23-14-6-4-5-7-17(14)28-20/h4-9,13H,10-12H2,1-3H3,(H,25,26)/b24-18+/t13-,22-/m0/s1. The molecule has 2 saturated carbocycles. The minimum absolute atomic E-state index is 0.0697. The SMILES string of the molecule is CC1(C)[C@H]2CC[C@@]1(C)/C(=N/NC(=O)c1ccc(-c3nc4ccccc4s3)o1)C2. The van der Waals surface area contributed by atoms with Gasteiger partial charge in [-0.2, -0.15) is 5.10 Å². The van der Waals surface area contributed by atoms with Gasteiger partial charge in [0.15, 0.2) is 16.5 Å². The van der Waals surface area contributed by atoms with Crippen LogP contribution in [0.3, 0.4) is 0 Å². The van der Waals surface area contributed by atoms with E-state index in [4.69, 9.17) is 4.42 Å². The van der Waals surface area contributed by atoms with Crippen LogP contribution in [0.4, 0.5) is 0 Å². The average Bonchev–Trinajstić information content (AvgIpc) is 3.40. The number of carbonyl (C=O) groups is 1. The van der Waals surface area contributed by atoms with E-state index in [9.17, 15) is 4.79 Å². The highest BCUT2D eigenvalue weighted by atomic mass is 32.1. The van der Waals surface area contributed by atoms with Crippen LogP contribution in [0.15, 0.2) is 45.9 Å². The van der Waals surface area contributed by atoms with Crippen LogP contribution in [0.5, 0.6) is 0 Å². The maximum absolute atomic E-state index is 12.6. The van der Waals surface area contributed by atoms with Gasteiger partial charge in [0.05, 0.1) is 10.2 Å². The Hall–Kier alpha value is -2.47. The molecule has 5 nitrogen and oxygen atoms in total. The summed E-state index contributed by atoms with van der Waals surface area (Å²) in [6.45, 7) is 6.93. The van der Waals surface area contributed by atoms with Gasteiger partial charge in [0, 0.05) is 11.1 Å². The van der Waals surface area contributed by atoms with Crippen LogP contribution in [0.2, 0.25) is 0 Å². The number of thiazole rings is 1. The molecule has 1 aromatic carbocycles. The molecule has 28 heavy (non-hydrogen) atoms. The molecule has 0 radical (unpaired) electrons. The van der Waals surface area contributed by atoms with Gasteiger partial charge in [-0.05, 0) is 54.9 Å². The Morgan fingerprint density at radius 3 is 2.79 bits per heavy atom. The highest BCUT2D eigenvalue weighted by Gasteiger charge is 2.60. The second-order valence-electron chi connectivity index (χ2n) is 8.64. The van der Waals surface area contributed by atoms with Crippen LogP contribution < -0.4 is 5.43 Å². The molecule has 0 saturated heterocycles. The molecule has 0 aliphatic heterocycles. The van der Waals surface area contributed by atoms with Crippen molar-refractivity contribution >= 4 is 33.2 Å². The van der Waals surface area contributed by atoms with Crippen molar-refractivity contribution in [3.05, 3.63) is 42.2 Å². The lowest BCUT2D eigenvalue weighted by atomic mass is 9.70. The third kappa shape index (κ3) is 2.47. The fourth-order valence-corrected chi connectivity index (χ4v) is 5.75. The summed E-state index contributed by atoms with van der Waals surface area (Å²) in [4.78, 5) is 17.1. The Kier molecular flexibility index (Phi) is 3.78. The summed E-state index contributed by atoms with van der Waals surface area (Å²) in [6.07, 6.45) is 3.36. The summed E-state index contributed by atoms with van der Waals surface area (Å²) in [7, 11) is 0. The fraction of sp³-hybridized carbons (Fsp3) is 0.409. The topological polar surface area (TPSA) is 67.5 Å². The molecular weight excluding hydrogens is 370 g/mol. The second kappa shape index (κ2) is 6.01. The van der Waals surface area contributed by atoms with E-state index in [2.05, 4.69) is 36.3 Å². The predicted octanol–water partition coefficient (Wildman–Crippen LogP) is 5.49. The molecule has 2 bridgehead atoms. The van der Waals surface area contributed by atoms with E-state index in [0.717, 1.165) is 33.8 Å². The number of fused-ring (bicyclic) bond motifs is 3. The van der Waals surface area contributed by atoms with Gasteiger partial charge in [-0.15, -0.1) is 11.3 Å². The van der Waals surface area contributed by atoms with Gasteiger partial charge >= 0.3 is 5.91 Å². The zero-order valence-corrected chi connectivity index (χ0v) is 17.1. The number of para-hydroxylation sites is 1. The molecule has 2 aromatic heterocycles. The van der Waals surface area contributed by atoms with Crippen LogP contribution >= 0.6 is 11.3 Å². The number of hydrazone groups is 1. The van der Waals surface area contributed by atoms with E-state index >= 15 is 0 Å². The molecule has 5 rings (SSSR count). The van der Waals surface area contributed by atoms with E-state index in [1.165, 1.54) is 6.42 Å². The number of amides is 1. The van der Waals surface area contributed by atoms with Gasteiger partial charge in [0.2, 0.25) is 0 Å². The highest BCUT2D eigenvalue weighted by Crippen LogP contribution is 2.63. The molecule has 2 aliphatic rings. The number of hydrogen-bond acceptors (Lipinski definition) is 5. The van der Waals surface area contributed by atoms with Crippen molar-refractivity contribution in [2.45, 2.75) is 40.0 Å². The van der Waals surface area contributed by atoms with Crippen LogP contribution in [-0.2, 0) is 0 Å². The number of benzene rings is 1. The molecule has 2 aliphatic carbocycles. The Bertz CT molecular complexity index is 1080. The van der Waals surface area contributed by atoms with Gasteiger partial charge in [-0.3, -0.25) is 4.79 Å². The van der Waals surface area contributed by atoms with Crippen molar-refractivity contribution < 1.29 is 9.21 Å². The van der Waals surface area contributed by atoms with Crippen molar-refractivity contribution in [3.63, 3.8) is 0 Å². The van der Waals surface area contributed by atoms with Crippen LogP contribution in [-0.4, -0.2) is 16.6 Å². The largest absolute Gasteiger partial charge is 0.448 e. The molecule has 1 N–H and O–H groups in total. The fourth-order valence-electron chi connectivity index (χ4n) is 4.82. The highest BCUT2D eigenvalue weighted by molar-refractivity contribution is 7.21. The van der Waals surface area contributed by atoms with E-state index in [1.54, 1.807) is 23.5 Å². The lowest BCUT2D eigenvalue weighted by Crippen LogP contribution is -2.34. The molecule has 2 fully saturated rings. The second-order valence-corrected chi connectivity index (χ2v) is 9.67. The minimum atomic E-state index is -0.316. The van der Waals surface area contributed by atoms with Gasteiger partial charge in [-0.1, -0.05) is 32.9 Å². The molecular formula is C22H23N3O2S. The first-order valence-corrected chi connectivity index (χ1v) is 10.5. The summed E-state index contributed by atoms with van der Waals surface area (Å²) in [6, 6.07) is 11.4. The molecule has 1 amide bonds. The zero-order valence-electron chi connectivity index (χ0n) is 16.3. The third-order valence-electron chi connectivity index (χ3n) is 7.14. The predicted molar refractivity (Wildman–Crippen MR) is 111 cm³/mol. The molecule has 3 aromatic rings. The first-order chi connectivity index (χ1) is 13.4. The summed E-state index contributed by atoms with van der Waals surface area (Å²) in [5.41, 5.74) is 5.07. The number of nitrogens with zero attached hydrogens (tertiary/aromatic N) is 2. The van der Waals surface area contributed by atoms with Crippen molar-refractivity contribution in [2.75, 3.05) is 0 Å². The Balaban J connectivity index is 1.35. The van der Waals surface area contributed by atoms with Gasteiger partial charge in [-0.25, -0.2) is 10.4 Å². The summed E-state index contributed by atoms with van der Waals surface area (Å²) in [5.74, 6) is 1.20. The Morgan fingerprint density at radius 1 is 1.25 bits per heavy atom. The normalized spacial score (nSPS) is 27.0. The number of nitrogens with one attached hydrogen (secondary N) is 1. The number of carbonyl (C=O) groups excluding carboxylic acids is 1. The maximum Gasteiger partial charge on any atom is 0.307 e. The number of rotatable bonds is 3. The maximum atomic E-state index is 12.6. The number of hydrogen-bond donors (Lipinski definition) is 1. The third-order valence-corrected chi connectivity index (χ3v) is 8.19. The summed E-state index contributed by atoms with van der Waals surface area (Å²) < 4.78 is 6.87. The van der Waals surface area contributed by atoms with Crippen LogP contribution in [0.25, 0.3) is 21.0 Å². The van der Waals surface area contributed by atoms with Crippen LogP contribution in [0.1, 0.15) is 50.6 Å². The number of aromatic nitrogens is 1. The minimum Gasteiger partial charge on any atom is -0.448 e. The van der Waals surface area contributed by atoms with E-state index in [0.29, 0.717) is 11.7 Å². The molecule has 2 heterocycles. The summed E-state index contributed by atoms with van der Waals surface area (Å²) in [5, 5.41) is 5.28. The average molecular weight is 394 g/mol. The van der Waals surface area contributed by atoms with E-state index < -0.39 is 0 Å². The first kappa shape index (κ1) is 17.6. The van der Waals surface area contributed by atoms with Gasteiger partial charge in [0.1, 0.15) is 0 Å². The zero-order chi connectivity index (χ0) is 19.5. The monoisotopic (exact) mass is 393 g/mol. The van der Waals surface area contributed by atoms with E-state index in [-0.39, 0.29) is 22.5 Å². The first-order valence-electron chi connectivity index (χ1n) is 9.72.